The van der Waals surface area contributed by atoms with Gasteiger partial charge in [-0.1, -0.05) is 17.7 Å². The van der Waals surface area contributed by atoms with Crippen molar-refractivity contribution in [3.8, 4) is 11.4 Å². The summed E-state index contributed by atoms with van der Waals surface area (Å²) < 4.78 is 24.9. The molecule has 0 unspecified atom stereocenters. The molecule has 1 aromatic carbocycles. The van der Waals surface area contributed by atoms with Crippen molar-refractivity contribution in [2.24, 2.45) is 0 Å². The summed E-state index contributed by atoms with van der Waals surface area (Å²) in [6.07, 6.45) is 0. The summed E-state index contributed by atoms with van der Waals surface area (Å²) >= 11 is 9.47. The number of nitrogens with zero attached hydrogens (tertiary/aromatic N) is 3. The molecule has 0 spiro atoms. The van der Waals surface area contributed by atoms with Gasteiger partial charge in [0.05, 0.1) is 5.02 Å². The molecule has 0 N–H and O–H groups in total. The van der Waals surface area contributed by atoms with E-state index in [1.54, 1.807) is 25.1 Å². The van der Waals surface area contributed by atoms with Gasteiger partial charge in [0, 0.05) is 27.3 Å². The van der Waals surface area contributed by atoms with Crippen molar-refractivity contribution in [2.45, 2.75) is 18.6 Å². The number of halogens is 3. The van der Waals surface area contributed by atoms with Gasteiger partial charge in [-0.05, 0) is 35.0 Å². The van der Waals surface area contributed by atoms with Crippen molar-refractivity contribution >= 4 is 47.3 Å². The van der Waals surface area contributed by atoms with E-state index in [0.29, 0.717) is 27.4 Å². The number of aromatic nitrogens is 3. The van der Waals surface area contributed by atoms with Crippen molar-refractivity contribution < 1.29 is 8.42 Å². The van der Waals surface area contributed by atoms with Gasteiger partial charge in [0.1, 0.15) is 0 Å². The van der Waals surface area contributed by atoms with Gasteiger partial charge in [0.15, 0.2) is 5.82 Å². The molecule has 0 aliphatic heterocycles. The second-order valence-corrected chi connectivity index (χ2v) is 7.28. The molecule has 1 heterocycles. The lowest BCUT2D eigenvalue weighted by atomic mass is 10.2. The molecule has 1 aromatic heterocycles. The van der Waals surface area contributed by atoms with Crippen LogP contribution in [0.4, 0.5) is 0 Å². The van der Waals surface area contributed by atoms with Crippen LogP contribution in [-0.4, -0.2) is 23.2 Å². The minimum atomic E-state index is -3.95. The molecule has 0 bridgehead atoms. The Morgan fingerprint density at radius 1 is 1.37 bits per heavy atom. The number of benzene rings is 1. The molecule has 0 amide bonds. The molecule has 0 fully saturated rings. The number of hydrogen-bond acceptors (Lipinski definition) is 4. The molecule has 0 aliphatic rings. The summed E-state index contributed by atoms with van der Waals surface area (Å²) in [4.78, 5) is 0. The van der Waals surface area contributed by atoms with Crippen molar-refractivity contribution in [1.29, 1.82) is 0 Å². The van der Waals surface area contributed by atoms with Gasteiger partial charge in [-0.25, -0.2) is 8.42 Å². The second-order valence-electron chi connectivity index (χ2n) is 3.59. The molecule has 0 aliphatic carbocycles. The van der Waals surface area contributed by atoms with Crippen LogP contribution in [0.2, 0.25) is 5.02 Å². The van der Waals surface area contributed by atoms with Crippen LogP contribution in [0.25, 0.3) is 11.4 Å². The van der Waals surface area contributed by atoms with Gasteiger partial charge < -0.3 is 0 Å². The molecular formula is C10H8BrCl2N3O2S. The summed E-state index contributed by atoms with van der Waals surface area (Å²) in [6.45, 7) is 2.12. The zero-order valence-corrected chi connectivity index (χ0v) is 13.6. The van der Waals surface area contributed by atoms with Crippen molar-refractivity contribution in [1.82, 2.24) is 14.8 Å². The van der Waals surface area contributed by atoms with E-state index >= 15 is 0 Å². The Kier molecular flexibility index (Phi) is 4.20. The Hall–Kier alpha value is -0.630. The van der Waals surface area contributed by atoms with Crippen LogP contribution in [0, 0.1) is 0 Å². The maximum absolute atomic E-state index is 11.4. The van der Waals surface area contributed by atoms with Gasteiger partial charge in [-0.3, -0.25) is 4.57 Å². The highest BCUT2D eigenvalue weighted by Gasteiger charge is 2.23. The third-order valence-corrected chi connectivity index (χ3v) is 4.89. The lowest BCUT2D eigenvalue weighted by molar-refractivity contribution is 0.583. The highest BCUT2D eigenvalue weighted by Crippen LogP contribution is 2.33. The fourth-order valence-electron chi connectivity index (χ4n) is 1.63. The third-order valence-electron chi connectivity index (χ3n) is 2.44. The molecular weight excluding hydrogens is 377 g/mol. The first-order valence-corrected chi connectivity index (χ1v) is 8.66. The molecule has 0 saturated heterocycles. The average molecular weight is 385 g/mol. The van der Waals surface area contributed by atoms with Crippen LogP contribution in [0.1, 0.15) is 6.92 Å². The topological polar surface area (TPSA) is 64.8 Å². The Morgan fingerprint density at radius 2 is 2.05 bits per heavy atom. The first-order valence-electron chi connectivity index (χ1n) is 5.18. The minimum Gasteiger partial charge on any atom is -0.297 e. The Morgan fingerprint density at radius 3 is 2.63 bits per heavy atom. The maximum Gasteiger partial charge on any atom is 0.296 e. The van der Waals surface area contributed by atoms with Crippen LogP contribution in [-0.2, 0) is 15.6 Å². The quantitative estimate of drug-likeness (QED) is 0.761. The van der Waals surface area contributed by atoms with E-state index in [9.17, 15) is 8.42 Å². The number of rotatable bonds is 3. The van der Waals surface area contributed by atoms with Crippen LogP contribution in [0.15, 0.2) is 27.8 Å². The first kappa shape index (κ1) is 14.8. The smallest absolute Gasteiger partial charge is 0.296 e. The van der Waals surface area contributed by atoms with Gasteiger partial charge in [-0.2, -0.15) is 0 Å². The molecule has 0 radical (unpaired) electrons. The van der Waals surface area contributed by atoms with Gasteiger partial charge >= 0.3 is 0 Å². The molecule has 0 saturated carbocycles. The first-order chi connectivity index (χ1) is 8.86. The van der Waals surface area contributed by atoms with Gasteiger partial charge in [-0.15, -0.1) is 10.2 Å². The molecule has 5 nitrogen and oxygen atoms in total. The lowest BCUT2D eigenvalue weighted by Crippen LogP contribution is -2.06. The predicted octanol–water partition coefficient (Wildman–Crippen LogP) is 3.31. The summed E-state index contributed by atoms with van der Waals surface area (Å²) in [5, 5.41) is 7.64. The van der Waals surface area contributed by atoms with E-state index in [0.717, 1.165) is 0 Å². The molecule has 19 heavy (non-hydrogen) atoms. The zero-order chi connectivity index (χ0) is 14.2. The zero-order valence-electron chi connectivity index (χ0n) is 9.64. The third kappa shape index (κ3) is 2.79. The summed E-state index contributed by atoms with van der Waals surface area (Å²) in [5.41, 5.74) is 0.581. The van der Waals surface area contributed by atoms with E-state index in [1.165, 1.54) is 4.57 Å². The monoisotopic (exact) mass is 383 g/mol. The summed E-state index contributed by atoms with van der Waals surface area (Å²) in [5.74, 6) is 0.355. The van der Waals surface area contributed by atoms with E-state index in [4.69, 9.17) is 22.3 Å². The predicted molar refractivity (Wildman–Crippen MR) is 76.9 cm³/mol. The summed E-state index contributed by atoms with van der Waals surface area (Å²) in [7, 11) is 1.37. The minimum absolute atomic E-state index is 0.289. The SMILES string of the molecule is CCn1c(-c2cccc(Br)c2Cl)nnc1S(=O)(=O)Cl. The fourth-order valence-corrected chi connectivity index (χ4v) is 3.17. The van der Waals surface area contributed by atoms with Crippen molar-refractivity contribution in [2.75, 3.05) is 0 Å². The van der Waals surface area contributed by atoms with Crippen molar-refractivity contribution in [3.63, 3.8) is 0 Å². The van der Waals surface area contributed by atoms with Crippen LogP contribution in [0.3, 0.4) is 0 Å². The van der Waals surface area contributed by atoms with Crippen LogP contribution in [0.5, 0.6) is 0 Å². The molecule has 9 heteroatoms. The maximum atomic E-state index is 11.4. The largest absolute Gasteiger partial charge is 0.297 e. The second kappa shape index (κ2) is 5.40. The van der Waals surface area contributed by atoms with E-state index in [1.807, 2.05) is 0 Å². The number of hydrogen-bond donors (Lipinski definition) is 0. The molecule has 0 atom stereocenters. The van der Waals surface area contributed by atoms with Crippen molar-refractivity contribution in [3.05, 3.63) is 27.7 Å². The Bertz CT molecular complexity index is 730. The average Bonchev–Trinajstić information content (AvgIpc) is 2.76. The van der Waals surface area contributed by atoms with Gasteiger partial charge in [0.25, 0.3) is 14.2 Å². The standard InChI is InChI=1S/C10H8BrCl2N3O2S/c1-2-16-9(14-15-10(16)19(13,17)18)6-4-3-5-7(11)8(6)12/h3-5H,2H2,1H3. The van der Waals surface area contributed by atoms with E-state index < -0.39 is 9.05 Å². The lowest BCUT2D eigenvalue weighted by Gasteiger charge is -2.08. The molecule has 102 valence electrons. The Labute approximate surface area is 128 Å². The van der Waals surface area contributed by atoms with Crippen LogP contribution >= 0.6 is 38.2 Å². The summed E-state index contributed by atoms with van der Waals surface area (Å²) in [6, 6.07) is 5.28. The Balaban J connectivity index is 2.71. The van der Waals surface area contributed by atoms with Gasteiger partial charge in [0.2, 0.25) is 0 Å². The molecule has 2 aromatic rings. The molecule has 2 rings (SSSR count). The highest BCUT2D eigenvalue weighted by atomic mass is 79.9. The van der Waals surface area contributed by atoms with E-state index in [-0.39, 0.29) is 5.16 Å². The van der Waals surface area contributed by atoms with E-state index in [2.05, 4.69) is 26.1 Å². The fraction of sp³-hybridized carbons (Fsp3) is 0.200. The highest BCUT2D eigenvalue weighted by molar-refractivity contribution is 9.10. The van der Waals surface area contributed by atoms with Crippen LogP contribution < -0.4 is 0 Å². The normalized spacial score (nSPS) is 11.8.